The third kappa shape index (κ3) is 6.43. The zero-order valence-corrected chi connectivity index (χ0v) is 23.6. The maximum Gasteiger partial charge on any atom is 0.410 e. The van der Waals surface area contributed by atoms with E-state index >= 15 is 8.78 Å². The molecule has 1 aliphatic rings. The predicted molar refractivity (Wildman–Crippen MR) is 146 cm³/mol. The normalized spacial score (nSPS) is 16.1. The number of hydrogen-bond acceptors (Lipinski definition) is 8. The standard InChI is InChI=1S/C27H33F2N5O4S/c1-26(2,3)38-25(37)32(4)16-27(28,29)23-31-21-20(22(36)33(23)5)30-24(39-21)34-15-9-12-18(34)19(35)14-13-17-10-7-6-8-11-17/h6-8,10-11,18H,9,12-16H2,1-5H3/t18-/m1/s1. The first-order chi connectivity index (χ1) is 18.3. The van der Waals surface area contributed by atoms with Crippen LogP contribution in [0.3, 0.4) is 0 Å². The summed E-state index contributed by atoms with van der Waals surface area (Å²) < 4.78 is 36.6. The molecule has 2 aromatic heterocycles. The molecule has 210 valence electrons. The number of halogens is 2. The Hall–Kier alpha value is -3.41. The molecule has 12 heteroatoms. The van der Waals surface area contributed by atoms with Gasteiger partial charge in [0.05, 0.1) is 12.6 Å². The molecule has 0 spiro atoms. The Labute approximate surface area is 229 Å². The monoisotopic (exact) mass is 561 g/mol. The van der Waals surface area contributed by atoms with E-state index in [-0.39, 0.29) is 22.2 Å². The highest BCUT2D eigenvalue weighted by atomic mass is 32.1. The van der Waals surface area contributed by atoms with Crippen molar-refractivity contribution in [3.8, 4) is 0 Å². The number of hydrogen-bond donors (Lipinski definition) is 0. The number of aryl methyl sites for hydroxylation is 1. The first-order valence-electron chi connectivity index (χ1n) is 12.8. The van der Waals surface area contributed by atoms with Crippen molar-refractivity contribution in [2.75, 3.05) is 25.0 Å². The number of likely N-dealkylation sites (N-methyl/N-ethyl adjacent to an activating group) is 1. The Kier molecular flexibility index (Phi) is 8.06. The minimum Gasteiger partial charge on any atom is -0.444 e. The summed E-state index contributed by atoms with van der Waals surface area (Å²) in [5.74, 6) is -4.34. The van der Waals surface area contributed by atoms with Gasteiger partial charge in [0.15, 0.2) is 27.1 Å². The number of rotatable bonds is 8. The summed E-state index contributed by atoms with van der Waals surface area (Å²) in [6.07, 6.45) is 1.53. The van der Waals surface area contributed by atoms with Crippen molar-refractivity contribution in [3.63, 3.8) is 0 Å². The number of carbonyl (C=O) groups is 2. The molecule has 3 heterocycles. The number of amides is 1. The summed E-state index contributed by atoms with van der Waals surface area (Å²) in [6, 6.07) is 9.37. The lowest BCUT2D eigenvalue weighted by Gasteiger charge is -2.27. The van der Waals surface area contributed by atoms with E-state index in [0.29, 0.717) is 30.9 Å². The number of Topliss-reactive ketones (excluding diaryl/α,β-unsaturated/α-hetero) is 1. The second-order valence-electron chi connectivity index (χ2n) is 10.8. The van der Waals surface area contributed by atoms with Crippen LogP contribution in [0.15, 0.2) is 35.1 Å². The van der Waals surface area contributed by atoms with Gasteiger partial charge < -0.3 is 14.5 Å². The average molecular weight is 562 g/mol. The van der Waals surface area contributed by atoms with Crippen LogP contribution in [-0.2, 0) is 28.9 Å². The topological polar surface area (TPSA) is 97.6 Å². The maximum absolute atomic E-state index is 15.3. The Morgan fingerprint density at radius 2 is 1.87 bits per heavy atom. The summed E-state index contributed by atoms with van der Waals surface area (Å²) >= 11 is 1.02. The summed E-state index contributed by atoms with van der Waals surface area (Å²) in [4.78, 5) is 49.6. The van der Waals surface area contributed by atoms with Crippen LogP contribution in [0.4, 0.5) is 18.7 Å². The van der Waals surface area contributed by atoms with Crippen LogP contribution in [-0.4, -0.2) is 63.1 Å². The van der Waals surface area contributed by atoms with Crippen molar-refractivity contribution >= 4 is 38.7 Å². The van der Waals surface area contributed by atoms with E-state index in [0.717, 1.165) is 32.8 Å². The molecule has 4 rings (SSSR count). The van der Waals surface area contributed by atoms with Gasteiger partial charge in [-0.05, 0) is 45.6 Å². The van der Waals surface area contributed by atoms with Crippen LogP contribution in [0, 0.1) is 0 Å². The molecule has 1 fully saturated rings. The molecule has 0 bridgehead atoms. The molecule has 1 aliphatic heterocycles. The molecule has 0 saturated carbocycles. The highest BCUT2D eigenvalue weighted by Crippen LogP contribution is 2.34. The van der Waals surface area contributed by atoms with Crippen LogP contribution in [0.1, 0.15) is 51.4 Å². The number of anilines is 1. The Balaban J connectivity index is 1.56. The molecule has 0 radical (unpaired) electrons. The van der Waals surface area contributed by atoms with Gasteiger partial charge in [-0.15, -0.1) is 0 Å². The Bertz CT molecular complexity index is 1420. The molecule has 39 heavy (non-hydrogen) atoms. The zero-order chi connectivity index (χ0) is 28.5. The highest BCUT2D eigenvalue weighted by Gasteiger charge is 2.41. The molecular weight excluding hydrogens is 528 g/mol. The molecule has 0 aliphatic carbocycles. The van der Waals surface area contributed by atoms with Crippen LogP contribution < -0.4 is 10.5 Å². The lowest BCUT2D eigenvalue weighted by molar-refractivity contribution is -0.120. The first kappa shape index (κ1) is 28.6. The van der Waals surface area contributed by atoms with Gasteiger partial charge >= 0.3 is 12.0 Å². The van der Waals surface area contributed by atoms with Crippen LogP contribution in [0.25, 0.3) is 10.3 Å². The number of aromatic nitrogens is 3. The summed E-state index contributed by atoms with van der Waals surface area (Å²) in [5, 5.41) is 0.413. The maximum atomic E-state index is 15.3. The molecule has 1 atom stereocenters. The first-order valence-corrected chi connectivity index (χ1v) is 13.6. The third-order valence-corrected chi connectivity index (χ3v) is 7.46. The second-order valence-corrected chi connectivity index (χ2v) is 11.7. The fraction of sp³-hybridized carbons (Fsp3) is 0.519. The van der Waals surface area contributed by atoms with E-state index in [1.807, 2.05) is 35.2 Å². The smallest absolute Gasteiger partial charge is 0.410 e. The molecular formula is C27H33F2N5O4S. The Morgan fingerprint density at radius 1 is 1.18 bits per heavy atom. The number of benzene rings is 1. The number of ketones is 1. The fourth-order valence-electron chi connectivity index (χ4n) is 4.57. The van der Waals surface area contributed by atoms with Gasteiger partial charge in [-0.1, -0.05) is 41.7 Å². The number of ether oxygens (including phenoxy) is 1. The van der Waals surface area contributed by atoms with Gasteiger partial charge in [-0.2, -0.15) is 8.78 Å². The highest BCUT2D eigenvalue weighted by molar-refractivity contribution is 7.21. The molecule has 9 nitrogen and oxygen atoms in total. The van der Waals surface area contributed by atoms with Crippen molar-refractivity contribution in [1.29, 1.82) is 0 Å². The van der Waals surface area contributed by atoms with Crippen molar-refractivity contribution in [1.82, 2.24) is 19.4 Å². The number of thiazole rings is 1. The van der Waals surface area contributed by atoms with Gasteiger partial charge in [0.2, 0.25) is 0 Å². The summed E-state index contributed by atoms with van der Waals surface area (Å²) in [6.45, 7) is 4.47. The fourth-order valence-corrected chi connectivity index (χ4v) is 5.58. The number of fused-ring (bicyclic) bond motifs is 1. The quantitative estimate of drug-likeness (QED) is 0.399. The lowest BCUT2D eigenvalue weighted by Crippen LogP contribution is -2.42. The molecule has 3 aromatic rings. The van der Waals surface area contributed by atoms with Gasteiger partial charge in [0, 0.05) is 27.1 Å². The number of nitrogens with zero attached hydrogens (tertiary/aromatic N) is 5. The van der Waals surface area contributed by atoms with Crippen molar-refractivity contribution in [2.45, 2.75) is 64.0 Å². The predicted octanol–water partition coefficient (Wildman–Crippen LogP) is 4.52. The molecule has 1 amide bonds. The zero-order valence-electron chi connectivity index (χ0n) is 22.7. The van der Waals surface area contributed by atoms with Gasteiger partial charge in [-0.3, -0.25) is 14.2 Å². The van der Waals surface area contributed by atoms with Crippen LogP contribution >= 0.6 is 11.3 Å². The van der Waals surface area contributed by atoms with Crippen molar-refractivity contribution in [2.24, 2.45) is 7.05 Å². The molecule has 1 aromatic carbocycles. The minimum absolute atomic E-state index is 0.0278. The molecule has 0 unspecified atom stereocenters. The molecule has 1 saturated heterocycles. The lowest BCUT2D eigenvalue weighted by atomic mass is 10.0. The third-order valence-electron chi connectivity index (χ3n) is 6.47. The van der Waals surface area contributed by atoms with Gasteiger partial charge in [0.25, 0.3) is 5.56 Å². The van der Waals surface area contributed by atoms with E-state index in [2.05, 4.69) is 9.97 Å². The summed E-state index contributed by atoms with van der Waals surface area (Å²) in [7, 11) is 2.40. The number of alkyl halides is 2. The SMILES string of the molecule is CN(CC(F)(F)c1nc2sc(N3CCC[C@@H]3C(=O)CCc3ccccc3)nc2c(=O)n1C)C(=O)OC(C)(C)C. The van der Waals surface area contributed by atoms with Gasteiger partial charge in [0.1, 0.15) is 5.60 Å². The largest absolute Gasteiger partial charge is 0.444 e. The van der Waals surface area contributed by atoms with E-state index in [9.17, 15) is 14.4 Å². The van der Waals surface area contributed by atoms with E-state index in [1.165, 1.54) is 14.1 Å². The minimum atomic E-state index is -3.64. The number of carbonyl (C=O) groups excluding carboxylic acids is 2. The van der Waals surface area contributed by atoms with Gasteiger partial charge in [-0.25, -0.2) is 14.8 Å². The van der Waals surface area contributed by atoms with Crippen LogP contribution in [0.2, 0.25) is 0 Å². The molecule has 0 N–H and O–H groups in total. The van der Waals surface area contributed by atoms with E-state index in [4.69, 9.17) is 4.74 Å². The van der Waals surface area contributed by atoms with E-state index in [1.54, 1.807) is 20.8 Å². The average Bonchev–Trinajstić information content (AvgIpc) is 3.51. The van der Waals surface area contributed by atoms with Crippen molar-refractivity contribution < 1.29 is 23.1 Å². The van der Waals surface area contributed by atoms with Crippen molar-refractivity contribution in [3.05, 3.63) is 52.1 Å². The van der Waals surface area contributed by atoms with Crippen LogP contribution in [0.5, 0.6) is 0 Å². The summed E-state index contributed by atoms with van der Waals surface area (Å²) in [5.41, 5.74) is -0.517. The van der Waals surface area contributed by atoms with E-state index < -0.39 is 35.5 Å². The second kappa shape index (κ2) is 11.0. The Morgan fingerprint density at radius 3 is 2.54 bits per heavy atom.